The smallest absolute Gasteiger partial charge is 0.338 e. The number of methoxy groups -OCH3 is 4. The van der Waals surface area contributed by atoms with Crippen LogP contribution in [-0.4, -0.2) is 52.3 Å². The Kier molecular flexibility index (Phi) is 10.1. The van der Waals surface area contributed by atoms with Crippen molar-refractivity contribution in [3.63, 3.8) is 0 Å². The summed E-state index contributed by atoms with van der Waals surface area (Å²) in [5.74, 6) is -2.79. The minimum atomic E-state index is -0.732. The fraction of sp³-hybridized carbons (Fsp3) is 0.241. The molecule has 0 bridgehead atoms. The lowest BCUT2D eigenvalue weighted by atomic mass is 9.87. The van der Waals surface area contributed by atoms with Gasteiger partial charge in [-0.15, -0.1) is 0 Å². The highest BCUT2D eigenvalue weighted by atomic mass is 16.5. The van der Waals surface area contributed by atoms with Crippen molar-refractivity contribution < 1.29 is 38.1 Å². The van der Waals surface area contributed by atoms with Crippen molar-refractivity contribution in [3.8, 4) is 0 Å². The summed E-state index contributed by atoms with van der Waals surface area (Å²) in [6.07, 6.45) is 11.5. The molecule has 1 aliphatic carbocycles. The van der Waals surface area contributed by atoms with Crippen LogP contribution in [0, 0.1) is 5.92 Å². The maximum atomic E-state index is 13.0. The van der Waals surface area contributed by atoms with Gasteiger partial charge in [-0.1, -0.05) is 56.0 Å². The first-order valence-electron chi connectivity index (χ1n) is 11.3. The fourth-order valence-corrected chi connectivity index (χ4v) is 3.77. The zero-order chi connectivity index (χ0) is 27.7. The Labute approximate surface area is 216 Å². The zero-order valence-corrected chi connectivity index (χ0v) is 21.7. The molecule has 1 unspecified atom stereocenters. The molecule has 0 amide bonds. The normalized spacial score (nSPS) is 15.6. The number of carbonyl (C=O) groups is 4. The average molecular weight is 507 g/mol. The van der Waals surface area contributed by atoms with Gasteiger partial charge >= 0.3 is 23.9 Å². The van der Waals surface area contributed by atoms with Crippen molar-refractivity contribution in [3.05, 3.63) is 94.6 Å². The van der Waals surface area contributed by atoms with Crippen LogP contribution in [0.5, 0.6) is 0 Å². The van der Waals surface area contributed by atoms with Crippen LogP contribution < -0.4 is 0 Å². The molecule has 0 fully saturated rings. The van der Waals surface area contributed by atoms with Gasteiger partial charge in [0.2, 0.25) is 0 Å². The van der Waals surface area contributed by atoms with Gasteiger partial charge in [0.1, 0.15) is 0 Å². The zero-order valence-electron chi connectivity index (χ0n) is 21.7. The van der Waals surface area contributed by atoms with Crippen LogP contribution in [-0.2, 0) is 28.5 Å². The maximum absolute atomic E-state index is 13.0. The summed E-state index contributed by atoms with van der Waals surface area (Å²) in [4.78, 5) is 51.2. The number of hydrogen-bond acceptors (Lipinski definition) is 8. The molecule has 0 saturated carbocycles. The van der Waals surface area contributed by atoms with Gasteiger partial charge in [0.15, 0.2) is 0 Å². The first-order valence-corrected chi connectivity index (χ1v) is 11.3. The van der Waals surface area contributed by atoms with Gasteiger partial charge in [0.25, 0.3) is 0 Å². The third-order valence-corrected chi connectivity index (χ3v) is 5.61. The summed E-state index contributed by atoms with van der Waals surface area (Å²) in [7, 11) is 4.90. The van der Waals surface area contributed by atoms with Crippen molar-refractivity contribution in [1.29, 1.82) is 0 Å². The molecule has 0 heterocycles. The second-order valence-electron chi connectivity index (χ2n) is 7.85. The third kappa shape index (κ3) is 6.22. The van der Waals surface area contributed by atoms with Crippen LogP contribution in [0.1, 0.15) is 45.7 Å². The number of rotatable bonds is 8. The fourth-order valence-electron chi connectivity index (χ4n) is 3.77. The van der Waals surface area contributed by atoms with Gasteiger partial charge in [0, 0.05) is 0 Å². The number of allylic oxidation sites excluding steroid dienone is 7. The molecule has 0 N–H and O–H groups in total. The lowest BCUT2D eigenvalue weighted by molar-refractivity contribution is -0.136. The predicted molar refractivity (Wildman–Crippen MR) is 139 cm³/mol. The maximum Gasteiger partial charge on any atom is 0.338 e. The van der Waals surface area contributed by atoms with E-state index in [2.05, 4.69) is 6.58 Å². The third-order valence-electron chi connectivity index (χ3n) is 5.61. The van der Waals surface area contributed by atoms with Crippen LogP contribution in [0.3, 0.4) is 0 Å². The Morgan fingerprint density at radius 1 is 0.811 bits per heavy atom. The van der Waals surface area contributed by atoms with E-state index in [-0.39, 0.29) is 44.9 Å². The highest BCUT2D eigenvalue weighted by molar-refractivity contribution is 6.11. The molecule has 37 heavy (non-hydrogen) atoms. The molecule has 1 aromatic carbocycles. The second kappa shape index (κ2) is 13.0. The van der Waals surface area contributed by atoms with Crippen molar-refractivity contribution in [2.75, 3.05) is 28.4 Å². The summed E-state index contributed by atoms with van der Waals surface area (Å²) < 4.78 is 19.9. The van der Waals surface area contributed by atoms with E-state index in [4.69, 9.17) is 18.9 Å². The average Bonchev–Trinajstić information content (AvgIpc) is 3.12. The Balaban J connectivity index is 3.16. The van der Waals surface area contributed by atoms with E-state index in [1.165, 1.54) is 46.6 Å². The molecule has 0 aromatic heterocycles. The van der Waals surface area contributed by atoms with E-state index in [1.807, 2.05) is 19.1 Å². The van der Waals surface area contributed by atoms with E-state index < -0.39 is 23.9 Å². The van der Waals surface area contributed by atoms with Gasteiger partial charge in [-0.05, 0) is 47.2 Å². The molecule has 1 aliphatic rings. The first-order chi connectivity index (χ1) is 17.7. The molecule has 0 radical (unpaired) electrons. The standard InChI is InChI=1S/C29H30O8/c1-8-10-19(18(9-2)26(30)34-4)22-15-25(29(33)37-7)23(16-24(22)28(32)36-6)20-13-11-17(3)12-14-21(20)27(31)35-5/h8-17H,2H2,1,3-7H3/b10-8-,19-18-. The SMILES string of the molecule is C=C/C(C(=O)OC)=C(\C=C/C)c1cc(C(=O)OC)c(C2=C(C(=O)OC)C=CC(C)C=C2)cc1C(=O)OC. The van der Waals surface area contributed by atoms with E-state index >= 15 is 0 Å². The minimum absolute atomic E-state index is 0.0162. The number of ether oxygens (including phenoxy) is 4. The molecular formula is C29H30O8. The van der Waals surface area contributed by atoms with Gasteiger partial charge in [0.05, 0.1) is 50.7 Å². The summed E-state index contributed by atoms with van der Waals surface area (Å²) >= 11 is 0. The molecule has 1 atom stereocenters. The van der Waals surface area contributed by atoms with E-state index in [0.29, 0.717) is 5.57 Å². The number of benzene rings is 1. The van der Waals surface area contributed by atoms with Gasteiger partial charge in [-0.25, -0.2) is 19.2 Å². The van der Waals surface area contributed by atoms with Gasteiger partial charge in [-0.3, -0.25) is 0 Å². The lowest BCUT2D eigenvalue weighted by Crippen LogP contribution is -2.14. The highest BCUT2D eigenvalue weighted by Gasteiger charge is 2.27. The van der Waals surface area contributed by atoms with Crippen molar-refractivity contribution in [2.24, 2.45) is 5.92 Å². The van der Waals surface area contributed by atoms with Crippen molar-refractivity contribution in [2.45, 2.75) is 13.8 Å². The first kappa shape index (κ1) is 28.8. The molecule has 0 aliphatic heterocycles. The molecule has 0 saturated heterocycles. The quantitative estimate of drug-likeness (QED) is 0.217. The topological polar surface area (TPSA) is 105 Å². The van der Waals surface area contributed by atoms with E-state index in [9.17, 15) is 19.2 Å². The van der Waals surface area contributed by atoms with E-state index in [0.717, 1.165) is 0 Å². The Bertz CT molecular complexity index is 1270. The Morgan fingerprint density at radius 2 is 1.41 bits per heavy atom. The number of hydrogen-bond donors (Lipinski definition) is 0. The lowest BCUT2D eigenvalue weighted by Gasteiger charge is -2.18. The van der Waals surface area contributed by atoms with Crippen LogP contribution in [0.4, 0.5) is 0 Å². The Morgan fingerprint density at radius 3 is 1.95 bits per heavy atom. The largest absolute Gasteiger partial charge is 0.465 e. The summed E-state index contributed by atoms with van der Waals surface area (Å²) in [5.41, 5.74) is 1.39. The number of esters is 4. The molecule has 8 heteroatoms. The summed E-state index contributed by atoms with van der Waals surface area (Å²) in [6.45, 7) is 7.35. The highest BCUT2D eigenvalue weighted by Crippen LogP contribution is 2.35. The van der Waals surface area contributed by atoms with Crippen molar-refractivity contribution in [1.82, 2.24) is 0 Å². The molecule has 8 nitrogen and oxygen atoms in total. The predicted octanol–water partition coefficient (Wildman–Crippen LogP) is 4.64. The van der Waals surface area contributed by atoms with Gasteiger partial charge < -0.3 is 18.9 Å². The molecule has 2 rings (SSSR count). The number of carbonyl (C=O) groups excluding carboxylic acids is 4. The summed E-state index contributed by atoms with van der Waals surface area (Å²) in [6, 6.07) is 2.85. The molecule has 1 aromatic rings. The molecule has 194 valence electrons. The minimum Gasteiger partial charge on any atom is -0.465 e. The molecular weight excluding hydrogens is 476 g/mol. The second-order valence-corrected chi connectivity index (χ2v) is 7.85. The van der Waals surface area contributed by atoms with Gasteiger partial charge in [-0.2, -0.15) is 0 Å². The van der Waals surface area contributed by atoms with Crippen LogP contribution in [0.15, 0.2) is 72.4 Å². The van der Waals surface area contributed by atoms with Crippen LogP contribution >= 0.6 is 0 Å². The van der Waals surface area contributed by atoms with Crippen molar-refractivity contribution >= 4 is 35.0 Å². The van der Waals surface area contributed by atoms with Crippen LogP contribution in [0.2, 0.25) is 0 Å². The molecule has 0 spiro atoms. The van der Waals surface area contributed by atoms with E-state index in [1.54, 1.807) is 31.2 Å². The van der Waals surface area contributed by atoms with Crippen LogP contribution in [0.25, 0.3) is 11.1 Å². The monoisotopic (exact) mass is 506 g/mol. The summed E-state index contributed by atoms with van der Waals surface area (Å²) in [5, 5.41) is 0. The Hall–Kier alpha value is -4.46.